The molecule has 1 heterocycles. The molecule has 0 aromatic heterocycles. The minimum absolute atomic E-state index is 0.133. The average Bonchev–Trinajstić information content (AvgIpc) is 2.65. The number of methoxy groups -OCH3 is 1. The maximum absolute atomic E-state index is 11.5. The number of carboxylic acid groups (broad SMARTS) is 1. The van der Waals surface area contributed by atoms with Crippen LogP contribution in [0.5, 0.6) is 0 Å². The molecule has 1 aliphatic rings. The van der Waals surface area contributed by atoms with Crippen LogP contribution in [-0.4, -0.2) is 56.1 Å². The first-order valence-electron chi connectivity index (χ1n) is 5.41. The molecule has 17 heavy (non-hydrogen) atoms. The van der Waals surface area contributed by atoms with E-state index >= 15 is 0 Å². The minimum Gasteiger partial charge on any atom is -0.481 e. The Bertz CT molecular complexity index is 284. The standard InChI is InChI=1S/C10H18N2O5/c1-6(3-16-2)11-10(15)12-8-5-17-4-7(8)9(13)14/h6-8H,3-5H2,1-2H3,(H,13,14)(H2,11,12,15). The monoisotopic (exact) mass is 246 g/mol. The second-order valence-electron chi connectivity index (χ2n) is 4.06. The molecule has 0 spiro atoms. The molecule has 1 rings (SSSR count). The molecule has 98 valence electrons. The molecule has 7 nitrogen and oxygen atoms in total. The quantitative estimate of drug-likeness (QED) is 0.603. The second kappa shape index (κ2) is 6.41. The molecule has 0 aromatic carbocycles. The van der Waals surface area contributed by atoms with E-state index in [0.717, 1.165) is 0 Å². The van der Waals surface area contributed by atoms with Crippen molar-refractivity contribution in [1.82, 2.24) is 10.6 Å². The highest BCUT2D eigenvalue weighted by Crippen LogP contribution is 2.13. The van der Waals surface area contributed by atoms with Gasteiger partial charge in [-0.05, 0) is 6.92 Å². The Morgan fingerprint density at radius 1 is 1.53 bits per heavy atom. The van der Waals surface area contributed by atoms with Crippen LogP contribution in [0.1, 0.15) is 6.92 Å². The number of carbonyl (C=O) groups excluding carboxylic acids is 1. The minimum atomic E-state index is -0.960. The van der Waals surface area contributed by atoms with Crippen LogP contribution in [0.4, 0.5) is 4.79 Å². The van der Waals surface area contributed by atoms with Crippen LogP contribution in [0.2, 0.25) is 0 Å². The van der Waals surface area contributed by atoms with Crippen molar-refractivity contribution in [2.75, 3.05) is 26.9 Å². The molecule has 1 saturated heterocycles. The number of aliphatic carboxylic acids is 1. The summed E-state index contributed by atoms with van der Waals surface area (Å²) in [5, 5.41) is 14.1. The number of carbonyl (C=O) groups is 2. The second-order valence-corrected chi connectivity index (χ2v) is 4.06. The van der Waals surface area contributed by atoms with Gasteiger partial charge in [0.25, 0.3) is 0 Å². The first kappa shape index (κ1) is 13.7. The van der Waals surface area contributed by atoms with E-state index < -0.39 is 24.0 Å². The van der Waals surface area contributed by atoms with E-state index in [1.165, 1.54) is 0 Å². The van der Waals surface area contributed by atoms with E-state index in [1.807, 2.05) is 0 Å². The summed E-state index contributed by atoms with van der Waals surface area (Å²) in [6.45, 7) is 2.55. The fourth-order valence-electron chi connectivity index (χ4n) is 1.67. The van der Waals surface area contributed by atoms with E-state index in [0.29, 0.717) is 6.61 Å². The number of amides is 2. The number of urea groups is 1. The molecular weight excluding hydrogens is 228 g/mol. The summed E-state index contributed by atoms with van der Waals surface area (Å²) in [5.41, 5.74) is 0. The summed E-state index contributed by atoms with van der Waals surface area (Å²) in [6.07, 6.45) is 0. The van der Waals surface area contributed by atoms with E-state index in [-0.39, 0.29) is 19.3 Å². The molecule has 2 amide bonds. The maximum Gasteiger partial charge on any atom is 0.315 e. The van der Waals surface area contributed by atoms with Gasteiger partial charge in [-0.2, -0.15) is 0 Å². The lowest BCUT2D eigenvalue weighted by atomic mass is 10.0. The van der Waals surface area contributed by atoms with Gasteiger partial charge in [-0.3, -0.25) is 4.79 Å². The molecule has 3 unspecified atom stereocenters. The number of nitrogens with one attached hydrogen (secondary N) is 2. The third kappa shape index (κ3) is 4.20. The van der Waals surface area contributed by atoms with Gasteiger partial charge in [0, 0.05) is 7.11 Å². The molecule has 3 atom stereocenters. The van der Waals surface area contributed by atoms with Crippen molar-refractivity contribution in [2.24, 2.45) is 5.92 Å². The first-order chi connectivity index (χ1) is 8.04. The van der Waals surface area contributed by atoms with Crippen molar-refractivity contribution in [1.29, 1.82) is 0 Å². The third-order valence-electron chi connectivity index (χ3n) is 2.51. The molecule has 1 fully saturated rings. The normalized spacial score (nSPS) is 25.3. The lowest BCUT2D eigenvalue weighted by Gasteiger charge is -2.18. The molecule has 0 aliphatic carbocycles. The Morgan fingerprint density at radius 3 is 2.82 bits per heavy atom. The van der Waals surface area contributed by atoms with Crippen LogP contribution in [0, 0.1) is 5.92 Å². The summed E-state index contributed by atoms with van der Waals surface area (Å²) in [7, 11) is 1.54. The fourth-order valence-corrected chi connectivity index (χ4v) is 1.67. The van der Waals surface area contributed by atoms with E-state index in [4.69, 9.17) is 14.6 Å². The summed E-state index contributed by atoms with van der Waals surface area (Å²) in [5.74, 6) is -1.64. The van der Waals surface area contributed by atoms with Gasteiger partial charge >= 0.3 is 12.0 Å². The lowest BCUT2D eigenvalue weighted by Crippen LogP contribution is -2.50. The van der Waals surface area contributed by atoms with Gasteiger partial charge < -0.3 is 25.2 Å². The number of rotatable bonds is 5. The number of carboxylic acids is 1. The molecular formula is C10H18N2O5. The van der Waals surface area contributed by atoms with Gasteiger partial charge in [-0.15, -0.1) is 0 Å². The fraction of sp³-hybridized carbons (Fsp3) is 0.800. The predicted molar refractivity (Wildman–Crippen MR) is 58.7 cm³/mol. The maximum atomic E-state index is 11.5. The van der Waals surface area contributed by atoms with Crippen molar-refractivity contribution < 1.29 is 24.2 Å². The molecule has 0 saturated carbocycles. The van der Waals surface area contributed by atoms with Gasteiger partial charge in [-0.1, -0.05) is 0 Å². The number of ether oxygens (including phenoxy) is 2. The van der Waals surface area contributed by atoms with Crippen LogP contribution < -0.4 is 10.6 Å². The van der Waals surface area contributed by atoms with Crippen LogP contribution in [0.15, 0.2) is 0 Å². The smallest absolute Gasteiger partial charge is 0.315 e. The Morgan fingerprint density at radius 2 is 2.24 bits per heavy atom. The Balaban J connectivity index is 2.37. The van der Waals surface area contributed by atoms with Gasteiger partial charge in [0.15, 0.2) is 0 Å². The highest BCUT2D eigenvalue weighted by molar-refractivity contribution is 5.77. The van der Waals surface area contributed by atoms with Crippen molar-refractivity contribution in [2.45, 2.75) is 19.0 Å². The zero-order valence-corrected chi connectivity index (χ0v) is 9.93. The highest BCUT2D eigenvalue weighted by atomic mass is 16.5. The highest BCUT2D eigenvalue weighted by Gasteiger charge is 2.35. The van der Waals surface area contributed by atoms with Gasteiger partial charge in [-0.25, -0.2) is 4.79 Å². The average molecular weight is 246 g/mol. The summed E-state index contributed by atoms with van der Waals surface area (Å²) in [6, 6.07) is -1.02. The third-order valence-corrected chi connectivity index (χ3v) is 2.51. The summed E-state index contributed by atoms with van der Waals surface area (Å²) in [4.78, 5) is 22.4. The van der Waals surface area contributed by atoms with Crippen LogP contribution in [-0.2, 0) is 14.3 Å². The SMILES string of the molecule is COCC(C)NC(=O)NC1COCC1C(=O)O. The van der Waals surface area contributed by atoms with Gasteiger partial charge in [0.2, 0.25) is 0 Å². The first-order valence-corrected chi connectivity index (χ1v) is 5.41. The Hall–Kier alpha value is -1.34. The molecule has 0 aromatic rings. The van der Waals surface area contributed by atoms with Crippen molar-refractivity contribution in [3.05, 3.63) is 0 Å². The molecule has 0 radical (unpaired) electrons. The van der Waals surface area contributed by atoms with Crippen LogP contribution in [0.25, 0.3) is 0 Å². The molecule has 7 heteroatoms. The van der Waals surface area contributed by atoms with Crippen LogP contribution in [0.3, 0.4) is 0 Å². The summed E-state index contributed by atoms with van der Waals surface area (Å²) >= 11 is 0. The number of hydrogen-bond acceptors (Lipinski definition) is 4. The largest absolute Gasteiger partial charge is 0.481 e. The molecule has 1 aliphatic heterocycles. The van der Waals surface area contributed by atoms with Crippen molar-refractivity contribution in [3.63, 3.8) is 0 Å². The zero-order valence-electron chi connectivity index (χ0n) is 9.93. The number of hydrogen-bond donors (Lipinski definition) is 3. The van der Waals surface area contributed by atoms with E-state index in [2.05, 4.69) is 10.6 Å². The Labute approximate surface area is 99.5 Å². The zero-order chi connectivity index (χ0) is 12.8. The summed E-state index contributed by atoms with van der Waals surface area (Å²) < 4.78 is 9.91. The lowest BCUT2D eigenvalue weighted by molar-refractivity contribution is -0.142. The molecule has 0 bridgehead atoms. The van der Waals surface area contributed by atoms with Crippen molar-refractivity contribution >= 4 is 12.0 Å². The van der Waals surface area contributed by atoms with Crippen LogP contribution >= 0.6 is 0 Å². The van der Waals surface area contributed by atoms with E-state index in [1.54, 1.807) is 14.0 Å². The topological polar surface area (TPSA) is 96.9 Å². The van der Waals surface area contributed by atoms with Gasteiger partial charge in [0.05, 0.1) is 31.9 Å². The Kier molecular flexibility index (Phi) is 5.17. The predicted octanol–water partition coefficient (Wildman–Crippen LogP) is -0.580. The van der Waals surface area contributed by atoms with Gasteiger partial charge in [0.1, 0.15) is 5.92 Å². The van der Waals surface area contributed by atoms with Crippen molar-refractivity contribution in [3.8, 4) is 0 Å². The molecule has 3 N–H and O–H groups in total. The van der Waals surface area contributed by atoms with E-state index in [9.17, 15) is 9.59 Å².